The van der Waals surface area contributed by atoms with Crippen molar-refractivity contribution >= 4 is 0 Å². The molecule has 5 nitrogen and oxygen atoms in total. The minimum atomic E-state index is -0.752. The average molecular weight is 211 g/mol. The maximum Gasteiger partial charge on any atom is 0.109 e. The maximum absolute atomic E-state index is 8.87. The predicted octanol–water partition coefficient (Wildman–Crippen LogP) is 3.29. The summed E-state index contributed by atoms with van der Waals surface area (Å²) in [7, 11) is 0. The summed E-state index contributed by atoms with van der Waals surface area (Å²) in [6, 6.07) is -0.331. The van der Waals surface area contributed by atoms with Gasteiger partial charge in [-0.1, -0.05) is 17.3 Å². The fourth-order valence-corrected chi connectivity index (χ4v) is 2.05. The summed E-state index contributed by atoms with van der Waals surface area (Å²) in [5.41, 5.74) is 8.81. The molecule has 1 aliphatic carbocycles. The predicted molar refractivity (Wildman–Crippen MR) is 57.2 cm³/mol. The minimum absolute atomic E-state index is 0.331. The molecule has 0 aromatic heterocycles. The molecule has 3 atom stereocenters. The molecule has 0 radical (unpaired) electrons. The fourth-order valence-electron chi connectivity index (χ4n) is 2.05. The molecule has 0 heterocycles. The summed E-state index contributed by atoms with van der Waals surface area (Å²) in [6.07, 6.45) is 2.27. The third-order valence-electron chi connectivity index (χ3n) is 3.30. The lowest BCUT2D eigenvalue weighted by atomic mass is 9.74. The zero-order valence-corrected chi connectivity index (χ0v) is 9.18. The van der Waals surface area contributed by atoms with E-state index >= 15 is 0 Å². The van der Waals surface area contributed by atoms with E-state index in [-0.39, 0.29) is 6.04 Å². The second-order valence-corrected chi connectivity index (χ2v) is 4.44. The van der Waals surface area contributed by atoms with Crippen molar-refractivity contribution in [2.75, 3.05) is 0 Å². The molecular formula is C10H17N3O2. The van der Waals surface area contributed by atoms with Gasteiger partial charge in [-0.15, -0.1) is 0 Å². The first kappa shape index (κ1) is 12.0. The number of azide groups is 1. The van der Waals surface area contributed by atoms with Crippen LogP contribution in [0.25, 0.3) is 10.4 Å². The Morgan fingerprint density at radius 1 is 1.73 bits per heavy atom. The zero-order valence-electron chi connectivity index (χ0n) is 9.18. The van der Waals surface area contributed by atoms with Gasteiger partial charge in [0.05, 0.1) is 6.04 Å². The minimum Gasteiger partial charge on any atom is -0.251 e. The van der Waals surface area contributed by atoms with Gasteiger partial charge in [0.25, 0.3) is 0 Å². The Kier molecular flexibility index (Phi) is 3.74. The third-order valence-corrected chi connectivity index (χ3v) is 3.30. The van der Waals surface area contributed by atoms with Gasteiger partial charge in [-0.05, 0) is 44.6 Å². The van der Waals surface area contributed by atoms with Gasteiger partial charge in [-0.25, -0.2) is 4.89 Å². The van der Waals surface area contributed by atoms with E-state index in [0.717, 1.165) is 12.0 Å². The lowest BCUT2D eigenvalue weighted by Gasteiger charge is -2.39. The van der Waals surface area contributed by atoms with Crippen LogP contribution in [0.3, 0.4) is 0 Å². The van der Waals surface area contributed by atoms with E-state index in [9.17, 15) is 0 Å². The molecule has 84 valence electrons. The summed E-state index contributed by atoms with van der Waals surface area (Å²) >= 11 is 0. The van der Waals surface area contributed by atoms with Crippen molar-refractivity contribution in [3.05, 3.63) is 22.6 Å². The van der Waals surface area contributed by atoms with Gasteiger partial charge in [0.15, 0.2) is 0 Å². The van der Waals surface area contributed by atoms with Gasteiger partial charge in [0.2, 0.25) is 0 Å². The summed E-state index contributed by atoms with van der Waals surface area (Å²) in [5, 5.41) is 12.6. The van der Waals surface area contributed by atoms with Crippen molar-refractivity contribution in [3.63, 3.8) is 0 Å². The molecule has 0 aromatic carbocycles. The van der Waals surface area contributed by atoms with Gasteiger partial charge >= 0.3 is 0 Å². The van der Waals surface area contributed by atoms with E-state index in [1.807, 2.05) is 6.92 Å². The Morgan fingerprint density at radius 2 is 2.40 bits per heavy atom. The Balaban J connectivity index is 2.82. The van der Waals surface area contributed by atoms with Crippen LogP contribution in [0.5, 0.6) is 0 Å². The summed E-state index contributed by atoms with van der Waals surface area (Å²) in [6.45, 7) is 7.65. The van der Waals surface area contributed by atoms with E-state index in [0.29, 0.717) is 18.8 Å². The third kappa shape index (κ3) is 2.50. The lowest BCUT2D eigenvalue weighted by molar-refractivity contribution is -0.329. The van der Waals surface area contributed by atoms with Crippen LogP contribution >= 0.6 is 0 Å². The molecule has 0 unspecified atom stereocenters. The van der Waals surface area contributed by atoms with Crippen molar-refractivity contribution < 1.29 is 10.1 Å². The highest BCUT2D eigenvalue weighted by atomic mass is 17.1. The number of rotatable bonds is 3. The van der Waals surface area contributed by atoms with Crippen LogP contribution in [0.4, 0.5) is 0 Å². The molecule has 0 amide bonds. The van der Waals surface area contributed by atoms with Crippen molar-refractivity contribution in [2.45, 2.75) is 44.8 Å². The smallest absolute Gasteiger partial charge is 0.109 e. The molecule has 1 N–H and O–H groups in total. The number of allylic oxidation sites excluding steroid dienone is 1. The quantitative estimate of drug-likeness (QED) is 0.194. The molecule has 15 heavy (non-hydrogen) atoms. The molecule has 0 spiro atoms. The van der Waals surface area contributed by atoms with Crippen LogP contribution < -0.4 is 0 Å². The van der Waals surface area contributed by atoms with Gasteiger partial charge in [-0.2, -0.15) is 0 Å². The van der Waals surface area contributed by atoms with Crippen LogP contribution in [-0.2, 0) is 4.89 Å². The number of nitrogens with zero attached hydrogens (tertiary/aromatic N) is 3. The second-order valence-electron chi connectivity index (χ2n) is 4.44. The van der Waals surface area contributed by atoms with Gasteiger partial charge in [-0.3, -0.25) is 5.26 Å². The monoisotopic (exact) mass is 211 g/mol. The van der Waals surface area contributed by atoms with Gasteiger partial charge in [0, 0.05) is 4.91 Å². The molecule has 0 aliphatic heterocycles. The second kappa shape index (κ2) is 4.66. The van der Waals surface area contributed by atoms with Gasteiger partial charge < -0.3 is 0 Å². The largest absolute Gasteiger partial charge is 0.251 e. The first-order valence-corrected chi connectivity index (χ1v) is 5.05. The molecule has 1 saturated carbocycles. The Bertz CT molecular complexity index is 299. The Morgan fingerprint density at radius 3 is 2.87 bits per heavy atom. The lowest BCUT2D eigenvalue weighted by Crippen LogP contribution is -2.45. The molecule has 5 heteroatoms. The van der Waals surface area contributed by atoms with Gasteiger partial charge in [0.1, 0.15) is 5.60 Å². The van der Waals surface area contributed by atoms with Crippen molar-refractivity contribution in [1.82, 2.24) is 0 Å². The molecule has 1 aliphatic rings. The zero-order chi connectivity index (χ0) is 11.5. The molecule has 0 saturated heterocycles. The highest BCUT2D eigenvalue weighted by Gasteiger charge is 2.41. The standard InChI is InChI=1S/C10H17N3O2/c1-7(2)8-4-5-10(3,15-14)9(6-8)12-13-11/h8-9,14H,1,4-6H2,2-3H3/t8-,9+,10+/m0/s1. The van der Waals surface area contributed by atoms with Crippen molar-refractivity contribution in [1.29, 1.82) is 0 Å². The SMILES string of the molecule is C=C(C)[C@H]1CC[C@@](C)(OO)[C@H](N=[N+]=[N-])C1. The Hall–Kier alpha value is -1.03. The molecule has 1 fully saturated rings. The van der Waals surface area contributed by atoms with E-state index in [1.54, 1.807) is 6.92 Å². The number of hydrogen-bond donors (Lipinski definition) is 1. The normalized spacial score (nSPS) is 35.7. The van der Waals surface area contributed by atoms with E-state index in [1.165, 1.54) is 0 Å². The highest BCUT2D eigenvalue weighted by Crippen LogP contribution is 2.38. The highest BCUT2D eigenvalue weighted by molar-refractivity contribution is 5.05. The number of hydrogen-bond acceptors (Lipinski definition) is 3. The van der Waals surface area contributed by atoms with E-state index < -0.39 is 5.60 Å². The van der Waals surface area contributed by atoms with Crippen LogP contribution in [0.15, 0.2) is 17.3 Å². The summed E-state index contributed by atoms with van der Waals surface area (Å²) in [5.74, 6) is 0.351. The molecule has 1 rings (SSSR count). The molecule has 0 bridgehead atoms. The average Bonchev–Trinajstić information content (AvgIpc) is 2.21. The van der Waals surface area contributed by atoms with E-state index in [4.69, 9.17) is 10.8 Å². The topological polar surface area (TPSA) is 78.2 Å². The van der Waals surface area contributed by atoms with Crippen molar-refractivity contribution in [3.8, 4) is 0 Å². The molecular weight excluding hydrogens is 194 g/mol. The maximum atomic E-state index is 8.87. The van der Waals surface area contributed by atoms with Crippen LogP contribution in [0, 0.1) is 5.92 Å². The Labute approximate surface area is 89.3 Å². The summed E-state index contributed by atoms with van der Waals surface area (Å²) < 4.78 is 0. The van der Waals surface area contributed by atoms with Crippen LogP contribution in [0.2, 0.25) is 0 Å². The van der Waals surface area contributed by atoms with Crippen LogP contribution in [0.1, 0.15) is 33.1 Å². The molecule has 0 aromatic rings. The summed E-state index contributed by atoms with van der Waals surface area (Å²) in [4.78, 5) is 7.28. The van der Waals surface area contributed by atoms with Crippen molar-refractivity contribution in [2.24, 2.45) is 11.0 Å². The van der Waals surface area contributed by atoms with E-state index in [2.05, 4.69) is 21.5 Å². The first-order chi connectivity index (χ1) is 7.03. The van der Waals surface area contributed by atoms with Crippen LogP contribution in [-0.4, -0.2) is 16.9 Å². The fraction of sp³-hybridized carbons (Fsp3) is 0.800. The first-order valence-electron chi connectivity index (χ1n) is 5.05.